The number of methoxy groups -OCH3 is 1. The summed E-state index contributed by atoms with van der Waals surface area (Å²) in [4.78, 5) is 48.1. The van der Waals surface area contributed by atoms with E-state index in [-0.39, 0.29) is 18.1 Å². The number of aryl methyl sites for hydroxylation is 1. The largest absolute Gasteiger partial charge is 0.497 e. The Bertz CT molecular complexity index is 1770. The highest BCUT2D eigenvalue weighted by molar-refractivity contribution is 6.16. The van der Waals surface area contributed by atoms with E-state index in [0.717, 1.165) is 36.0 Å². The van der Waals surface area contributed by atoms with Crippen LogP contribution in [0.2, 0.25) is 0 Å². The van der Waals surface area contributed by atoms with Crippen LogP contribution in [0.25, 0.3) is 17.0 Å². The minimum atomic E-state index is -1.07. The van der Waals surface area contributed by atoms with Gasteiger partial charge in [-0.25, -0.2) is 9.59 Å². The number of nitrogens with zero attached hydrogens (tertiary/aromatic N) is 6. The number of allylic oxidation sites excluding steroid dienone is 1. The predicted octanol–water partition coefficient (Wildman–Crippen LogP) is 4.15. The van der Waals surface area contributed by atoms with Crippen molar-refractivity contribution in [2.45, 2.75) is 25.0 Å². The molecule has 0 saturated carbocycles. The van der Waals surface area contributed by atoms with Crippen molar-refractivity contribution in [3.63, 3.8) is 0 Å². The maximum absolute atomic E-state index is 14.3. The van der Waals surface area contributed by atoms with Gasteiger partial charge in [-0.1, -0.05) is 6.07 Å². The summed E-state index contributed by atoms with van der Waals surface area (Å²) in [7, 11) is 9.56. The van der Waals surface area contributed by atoms with Gasteiger partial charge in [0.2, 0.25) is 5.78 Å². The molecule has 2 fully saturated rings. The number of carboxylic acid groups (broad SMARTS) is 2. The average Bonchev–Trinajstić information content (AvgIpc) is 3.55. The molecule has 0 bridgehead atoms. The Morgan fingerprint density at radius 1 is 0.979 bits per heavy atom. The molecule has 3 aliphatic rings. The van der Waals surface area contributed by atoms with Crippen LogP contribution in [0, 0.1) is 0 Å². The third-order valence-electron chi connectivity index (χ3n) is 9.64. The lowest BCUT2D eigenvalue weighted by molar-refractivity contribution is 0.0749. The van der Waals surface area contributed by atoms with Gasteiger partial charge in [0.05, 0.1) is 24.8 Å². The number of carbonyl (C=O) groups is 3. The zero-order chi connectivity index (χ0) is 34.3. The summed E-state index contributed by atoms with van der Waals surface area (Å²) in [5, 5.41) is 21.2. The fourth-order valence-corrected chi connectivity index (χ4v) is 7.10. The molecule has 0 radical (unpaired) electrons. The van der Waals surface area contributed by atoms with Gasteiger partial charge in [0.1, 0.15) is 11.5 Å². The topological polar surface area (TPSA) is 131 Å². The molecule has 4 heterocycles. The van der Waals surface area contributed by atoms with E-state index in [2.05, 4.69) is 14.4 Å². The van der Waals surface area contributed by atoms with E-state index in [0.29, 0.717) is 60.9 Å². The maximum Gasteiger partial charge on any atom is 0.407 e. The molecule has 256 valence electrons. The van der Waals surface area contributed by atoms with Crippen LogP contribution in [0.1, 0.15) is 45.6 Å². The Morgan fingerprint density at radius 3 is 2.29 bits per heavy atom. The molecule has 0 spiro atoms. The molecule has 3 aliphatic heterocycles. The number of piperazine rings is 2. The molecule has 2 unspecified atom stereocenters. The SMILES string of the molecule is COc1ccc2c(c1)c(C=C1Oc3cc(C4CN(C)CCN4C(=O)O)cc(C4CN(C)CCN4C(=O)O)c3C1=O)cn2CCCN(C)C. The van der Waals surface area contributed by atoms with E-state index < -0.39 is 24.3 Å². The van der Waals surface area contributed by atoms with E-state index in [1.54, 1.807) is 19.3 Å². The summed E-state index contributed by atoms with van der Waals surface area (Å²) in [6.45, 7) is 4.28. The monoisotopic (exact) mass is 660 g/mol. The van der Waals surface area contributed by atoms with Gasteiger partial charge in [0, 0.05) is 68.5 Å². The molecule has 13 heteroatoms. The van der Waals surface area contributed by atoms with Crippen molar-refractivity contribution >= 4 is 34.9 Å². The maximum atomic E-state index is 14.3. The first-order valence-corrected chi connectivity index (χ1v) is 16.2. The summed E-state index contributed by atoms with van der Waals surface area (Å²) in [5.74, 6) is 0.790. The zero-order valence-corrected chi connectivity index (χ0v) is 28.2. The van der Waals surface area contributed by atoms with Crippen molar-refractivity contribution in [1.29, 1.82) is 0 Å². The third kappa shape index (κ3) is 6.45. The number of rotatable bonds is 8. The number of likely N-dealkylation sites (N-methyl/N-ethyl adjacent to an activating group) is 2. The van der Waals surface area contributed by atoms with Crippen LogP contribution in [-0.4, -0.2) is 138 Å². The number of ketones is 1. The molecule has 2 amide bonds. The van der Waals surface area contributed by atoms with Gasteiger partial charge in [0.25, 0.3) is 0 Å². The number of hydrogen-bond acceptors (Lipinski definition) is 8. The summed E-state index contributed by atoms with van der Waals surface area (Å²) in [6, 6.07) is 8.28. The number of carbonyl (C=O) groups excluding carboxylic acids is 1. The fourth-order valence-electron chi connectivity index (χ4n) is 7.10. The van der Waals surface area contributed by atoms with Gasteiger partial charge in [-0.15, -0.1) is 0 Å². The Labute approximate surface area is 280 Å². The number of fused-ring (bicyclic) bond motifs is 2. The molecule has 2 saturated heterocycles. The minimum absolute atomic E-state index is 0.125. The standard InChI is InChI=1S/C35H44N6O7/c1-36(2)9-6-10-39-19-23(25-18-24(47-5)7-8-27(25)39)17-31-33(42)32-26(29-21-38(4)12-14-41(29)35(45)46)15-22(16-30(32)48-31)28-20-37(3)11-13-40(28)34(43)44/h7-8,15-19,28-29H,6,9-14,20-21H2,1-5H3,(H,43,44)(H,45,46). The number of benzene rings is 2. The quantitative estimate of drug-likeness (QED) is 0.340. The summed E-state index contributed by atoms with van der Waals surface area (Å²) < 4.78 is 14.1. The van der Waals surface area contributed by atoms with Gasteiger partial charge in [-0.2, -0.15) is 0 Å². The van der Waals surface area contributed by atoms with Gasteiger partial charge in [-0.05, 0) is 82.6 Å². The van der Waals surface area contributed by atoms with E-state index in [4.69, 9.17) is 9.47 Å². The number of aromatic nitrogens is 1. The second kappa shape index (κ2) is 13.5. The lowest BCUT2D eigenvalue weighted by atomic mass is 9.90. The molecule has 2 atom stereocenters. The van der Waals surface area contributed by atoms with Crippen LogP contribution in [0.4, 0.5) is 9.59 Å². The lowest BCUT2D eigenvalue weighted by Gasteiger charge is -2.41. The van der Waals surface area contributed by atoms with Gasteiger partial charge < -0.3 is 39.0 Å². The van der Waals surface area contributed by atoms with Crippen molar-refractivity contribution in [1.82, 2.24) is 29.1 Å². The highest BCUT2D eigenvalue weighted by atomic mass is 16.5. The van der Waals surface area contributed by atoms with Crippen molar-refractivity contribution < 1.29 is 34.1 Å². The number of ether oxygens (including phenoxy) is 2. The van der Waals surface area contributed by atoms with Crippen molar-refractivity contribution in [2.24, 2.45) is 0 Å². The van der Waals surface area contributed by atoms with Crippen LogP contribution in [0.15, 0.2) is 42.3 Å². The summed E-state index contributed by atoms with van der Waals surface area (Å²) >= 11 is 0. The van der Waals surface area contributed by atoms with E-state index in [1.165, 1.54) is 9.80 Å². The van der Waals surface area contributed by atoms with Crippen LogP contribution in [-0.2, 0) is 6.54 Å². The Balaban J connectivity index is 1.46. The summed E-state index contributed by atoms with van der Waals surface area (Å²) in [5.41, 5.74) is 3.30. The molecule has 13 nitrogen and oxygen atoms in total. The Hall–Kier alpha value is -4.59. The Kier molecular flexibility index (Phi) is 9.37. The van der Waals surface area contributed by atoms with Gasteiger partial charge >= 0.3 is 12.2 Å². The first-order chi connectivity index (χ1) is 22.9. The second-order valence-electron chi connectivity index (χ2n) is 13.2. The zero-order valence-electron chi connectivity index (χ0n) is 28.2. The molecular formula is C35H44N6O7. The van der Waals surface area contributed by atoms with Crippen LogP contribution in [0.5, 0.6) is 11.5 Å². The first-order valence-electron chi connectivity index (χ1n) is 16.2. The minimum Gasteiger partial charge on any atom is -0.497 e. The summed E-state index contributed by atoms with van der Waals surface area (Å²) in [6.07, 6.45) is 2.59. The second-order valence-corrected chi connectivity index (χ2v) is 13.2. The van der Waals surface area contributed by atoms with Gasteiger partial charge in [0.15, 0.2) is 5.76 Å². The van der Waals surface area contributed by atoms with Crippen molar-refractivity contribution in [3.8, 4) is 11.5 Å². The van der Waals surface area contributed by atoms with Crippen molar-refractivity contribution in [3.05, 3.63) is 64.5 Å². The van der Waals surface area contributed by atoms with Crippen LogP contribution in [0.3, 0.4) is 0 Å². The predicted molar refractivity (Wildman–Crippen MR) is 181 cm³/mol. The molecule has 1 aromatic heterocycles. The number of Topliss-reactive ketones (excluding diaryl/α,β-unsaturated/α-hetero) is 1. The molecule has 48 heavy (non-hydrogen) atoms. The highest BCUT2D eigenvalue weighted by Gasteiger charge is 2.40. The van der Waals surface area contributed by atoms with Crippen LogP contribution >= 0.6 is 0 Å². The van der Waals surface area contributed by atoms with E-state index >= 15 is 0 Å². The molecule has 0 aliphatic carbocycles. The first kappa shape index (κ1) is 33.3. The molecule has 2 aromatic carbocycles. The highest BCUT2D eigenvalue weighted by Crippen LogP contribution is 2.43. The van der Waals surface area contributed by atoms with E-state index in [9.17, 15) is 24.6 Å². The fraction of sp³-hybridized carbons (Fsp3) is 0.457. The number of amides is 2. The smallest absolute Gasteiger partial charge is 0.407 e. The average molecular weight is 661 g/mol. The molecule has 3 aromatic rings. The number of hydrogen-bond donors (Lipinski definition) is 2. The molecular weight excluding hydrogens is 616 g/mol. The third-order valence-corrected chi connectivity index (χ3v) is 9.64. The van der Waals surface area contributed by atoms with Gasteiger partial charge in [-0.3, -0.25) is 14.6 Å². The van der Waals surface area contributed by atoms with Crippen molar-refractivity contribution in [2.75, 3.05) is 81.1 Å². The normalized spacial score (nSPS) is 21.3. The molecule has 6 rings (SSSR count). The van der Waals surface area contributed by atoms with E-state index in [1.807, 2.05) is 63.6 Å². The lowest BCUT2D eigenvalue weighted by Crippen LogP contribution is -2.50. The molecule has 2 N–H and O–H groups in total. The van der Waals surface area contributed by atoms with Crippen LogP contribution < -0.4 is 9.47 Å². The Morgan fingerprint density at radius 2 is 1.65 bits per heavy atom.